The summed E-state index contributed by atoms with van der Waals surface area (Å²) in [6, 6.07) is 0. The van der Waals surface area contributed by atoms with Crippen LogP contribution in [0, 0.1) is 0 Å². The van der Waals surface area contributed by atoms with Crippen molar-refractivity contribution in [3.8, 4) is 0 Å². The molecule has 0 fully saturated rings. The number of amidine groups is 1. The number of amides is 1. The Hall–Kier alpha value is -0.510. The molecule has 1 aliphatic rings. The zero-order chi connectivity index (χ0) is 6.85. The summed E-state index contributed by atoms with van der Waals surface area (Å²) in [6.07, 6.45) is 0. The van der Waals surface area contributed by atoms with Gasteiger partial charge in [0.1, 0.15) is 0 Å². The lowest BCUT2D eigenvalue weighted by Crippen LogP contribution is -2.16. The van der Waals surface area contributed by atoms with Crippen LogP contribution in [0.4, 0.5) is 0 Å². The van der Waals surface area contributed by atoms with Crippen LogP contribution in [0.1, 0.15) is 0 Å². The molecule has 0 spiro atoms. The summed E-state index contributed by atoms with van der Waals surface area (Å²) in [4.78, 5) is 16.1. The lowest BCUT2D eigenvalue weighted by molar-refractivity contribution is -0.115. The average Bonchev–Trinajstić information content (AvgIpc) is 2.14. The predicted octanol–water partition coefficient (Wildman–Crippen LogP) is 0.177. The molecular formula is C5H8N2OS. The van der Waals surface area contributed by atoms with Gasteiger partial charge in [-0.1, -0.05) is 11.8 Å². The molecule has 0 bridgehead atoms. The molecule has 1 aliphatic heterocycles. The summed E-state index contributed by atoms with van der Waals surface area (Å²) < 4.78 is 0. The third-order valence-corrected chi connectivity index (χ3v) is 2.03. The second-order valence-electron chi connectivity index (χ2n) is 1.97. The first kappa shape index (κ1) is 6.61. The van der Waals surface area contributed by atoms with Crippen LogP contribution >= 0.6 is 11.8 Å². The van der Waals surface area contributed by atoms with Crippen LogP contribution in [-0.4, -0.2) is 35.8 Å². The van der Waals surface area contributed by atoms with Gasteiger partial charge in [0, 0.05) is 14.1 Å². The Labute approximate surface area is 58.1 Å². The van der Waals surface area contributed by atoms with E-state index in [0.717, 1.165) is 5.17 Å². The number of hydrogen-bond acceptors (Lipinski definition) is 3. The van der Waals surface area contributed by atoms with Crippen molar-refractivity contribution >= 4 is 22.8 Å². The lowest BCUT2D eigenvalue weighted by atomic mass is 10.7. The Balaban J connectivity index is 2.62. The van der Waals surface area contributed by atoms with E-state index in [1.165, 1.54) is 11.8 Å². The van der Waals surface area contributed by atoms with Crippen LogP contribution in [0.5, 0.6) is 0 Å². The first-order chi connectivity index (χ1) is 4.20. The molecule has 50 valence electrons. The number of carbonyl (C=O) groups is 1. The highest BCUT2D eigenvalue weighted by atomic mass is 32.2. The van der Waals surface area contributed by atoms with Gasteiger partial charge in [-0.05, 0) is 0 Å². The van der Waals surface area contributed by atoms with E-state index in [9.17, 15) is 4.79 Å². The highest BCUT2D eigenvalue weighted by molar-refractivity contribution is 8.14. The van der Waals surface area contributed by atoms with E-state index in [1.807, 2.05) is 19.0 Å². The molecule has 3 nitrogen and oxygen atoms in total. The molecule has 0 radical (unpaired) electrons. The standard InChI is InChI=1S/C5H8N2OS/c1-7(2)5-6-4(8)3-9-5/h3H2,1-2H3. The second-order valence-corrected chi connectivity index (χ2v) is 2.91. The van der Waals surface area contributed by atoms with Crippen LogP contribution in [0.15, 0.2) is 4.99 Å². The number of aliphatic imine (C=N–C) groups is 1. The van der Waals surface area contributed by atoms with Crippen LogP contribution in [-0.2, 0) is 4.79 Å². The predicted molar refractivity (Wildman–Crippen MR) is 38.6 cm³/mol. The van der Waals surface area contributed by atoms with Crippen LogP contribution in [0.2, 0.25) is 0 Å². The maximum atomic E-state index is 10.5. The van der Waals surface area contributed by atoms with Crippen molar-refractivity contribution in [1.82, 2.24) is 4.90 Å². The molecule has 0 aromatic carbocycles. The number of thioether (sulfide) groups is 1. The van der Waals surface area contributed by atoms with Crippen molar-refractivity contribution in [2.45, 2.75) is 0 Å². The van der Waals surface area contributed by atoms with E-state index >= 15 is 0 Å². The topological polar surface area (TPSA) is 32.7 Å². The average molecular weight is 144 g/mol. The minimum Gasteiger partial charge on any atom is -0.357 e. The number of nitrogens with zero attached hydrogens (tertiary/aromatic N) is 2. The first-order valence-corrected chi connectivity index (χ1v) is 3.60. The van der Waals surface area contributed by atoms with Crippen molar-refractivity contribution in [1.29, 1.82) is 0 Å². The van der Waals surface area contributed by atoms with Gasteiger partial charge in [0.25, 0.3) is 5.91 Å². The van der Waals surface area contributed by atoms with Crippen molar-refractivity contribution < 1.29 is 4.79 Å². The van der Waals surface area contributed by atoms with E-state index in [0.29, 0.717) is 5.75 Å². The first-order valence-electron chi connectivity index (χ1n) is 2.62. The van der Waals surface area contributed by atoms with E-state index in [4.69, 9.17) is 0 Å². The van der Waals surface area contributed by atoms with Crippen LogP contribution in [0.3, 0.4) is 0 Å². The quantitative estimate of drug-likeness (QED) is 0.486. The van der Waals surface area contributed by atoms with Gasteiger partial charge in [-0.15, -0.1) is 0 Å². The smallest absolute Gasteiger partial charge is 0.258 e. The molecule has 0 saturated heterocycles. The highest BCUT2D eigenvalue weighted by Gasteiger charge is 2.15. The molecule has 0 aromatic rings. The lowest BCUT2D eigenvalue weighted by Gasteiger charge is -2.07. The molecule has 1 amide bonds. The zero-order valence-electron chi connectivity index (χ0n) is 5.42. The van der Waals surface area contributed by atoms with Gasteiger partial charge in [-0.25, -0.2) is 0 Å². The summed E-state index contributed by atoms with van der Waals surface area (Å²) in [7, 11) is 3.76. The van der Waals surface area contributed by atoms with Gasteiger partial charge < -0.3 is 4.90 Å². The van der Waals surface area contributed by atoms with E-state index in [-0.39, 0.29) is 5.91 Å². The number of hydrogen-bond donors (Lipinski definition) is 0. The number of rotatable bonds is 0. The Morgan fingerprint density at radius 3 is 2.56 bits per heavy atom. The molecular weight excluding hydrogens is 136 g/mol. The molecule has 9 heavy (non-hydrogen) atoms. The monoisotopic (exact) mass is 144 g/mol. The van der Waals surface area contributed by atoms with Crippen LogP contribution < -0.4 is 0 Å². The molecule has 1 heterocycles. The zero-order valence-corrected chi connectivity index (χ0v) is 6.23. The molecule has 0 atom stereocenters. The number of carbonyl (C=O) groups excluding carboxylic acids is 1. The minimum absolute atomic E-state index is 0.0244. The molecule has 0 N–H and O–H groups in total. The molecule has 0 aromatic heterocycles. The molecule has 0 saturated carbocycles. The normalized spacial score (nSPS) is 18.0. The maximum Gasteiger partial charge on any atom is 0.258 e. The fourth-order valence-electron chi connectivity index (χ4n) is 0.527. The molecule has 0 aliphatic carbocycles. The Morgan fingerprint density at radius 1 is 1.67 bits per heavy atom. The van der Waals surface area contributed by atoms with Gasteiger partial charge in [-0.3, -0.25) is 4.79 Å². The van der Waals surface area contributed by atoms with Crippen molar-refractivity contribution in [3.63, 3.8) is 0 Å². The minimum atomic E-state index is -0.0244. The molecule has 4 heteroatoms. The summed E-state index contributed by atoms with van der Waals surface area (Å²) in [6.45, 7) is 0. The van der Waals surface area contributed by atoms with Gasteiger partial charge in [0.2, 0.25) is 0 Å². The Morgan fingerprint density at radius 2 is 2.33 bits per heavy atom. The summed E-state index contributed by atoms with van der Waals surface area (Å²) in [5.74, 6) is 0.483. The third-order valence-electron chi connectivity index (χ3n) is 0.928. The molecule has 1 rings (SSSR count). The maximum absolute atomic E-state index is 10.5. The summed E-state index contributed by atoms with van der Waals surface area (Å²) in [5.41, 5.74) is 0. The Kier molecular flexibility index (Phi) is 1.75. The fourth-order valence-corrected chi connectivity index (χ4v) is 1.27. The summed E-state index contributed by atoms with van der Waals surface area (Å²) in [5, 5.41) is 0.819. The van der Waals surface area contributed by atoms with E-state index in [1.54, 1.807) is 0 Å². The molecule has 0 unspecified atom stereocenters. The van der Waals surface area contributed by atoms with E-state index in [2.05, 4.69) is 4.99 Å². The van der Waals surface area contributed by atoms with Gasteiger partial charge in [-0.2, -0.15) is 4.99 Å². The Bertz CT molecular complexity index is 164. The van der Waals surface area contributed by atoms with Gasteiger partial charge >= 0.3 is 0 Å². The van der Waals surface area contributed by atoms with E-state index < -0.39 is 0 Å². The van der Waals surface area contributed by atoms with Gasteiger partial charge in [0.15, 0.2) is 5.17 Å². The SMILES string of the molecule is CN(C)C1=NC(=O)CS1. The second kappa shape index (κ2) is 2.39. The van der Waals surface area contributed by atoms with Crippen molar-refractivity contribution in [3.05, 3.63) is 0 Å². The van der Waals surface area contributed by atoms with Gasteiger partial charge in [0.05, 0.1) is 5.75 Å². The highest BCUT2D eigenvalue weighted by Crippen LogP contribution is 2.13. The van der Waals surface area contributed by atoms with Crippen molar-refractivity contribution in [2.24, 2.45) is 4.99 Å². The van der Waals surface area contributed by atoms with Crippen molar-refractivity contribution in [2.75, 3.05) is 19.8 Å². The largest absolute Gasteiger partial charge is 0.357 e. The third kappa shape index (κ3) is 1.45. The summed E-state index contributed by atoms with van der Waals surface area (Å²) >= 11 is 1.48. The fraction of sp³-hybridized carbons (Fsp3) is 0.600. The van der Waals surface area contributed by atoms with Crippen LogP contribution in [0.25, 0.3) is 0 Å².